The standard InChI is InChI=1S/C12H11NO2/c1-15-8-9-2-5-12-10(6-9)3-4-11(7-14)13-12/h2-7H,8H2,1H3. The lowest BCUT2D eigenvalue weighted by atomic mass is 10.1. The number of carbonyl (C=O) groups is 1. The van der Waals surface area contributed by atoms with E-state index in [1.165, 1.54) is 0 Å². The van der Waals surface area contributed by atoms with Crippen LogP contribution >= 0.6 is 0 Å². The molecule has 0 saturated carbocycles. The van der Waals surface area contributed by atoms with Gasteiger partial charge in [0.25, 0.3) is 0 Å². The van der Waals surface area contributed by atoms with Crippen LogP contribution in [0.25, 0.3) is 10.9 Å². The molecule has 15 heavy (non-hydrogen) atoms. The molecule has 2 rings (SSSR count). The van der Waals surface area contributed by atoms with Crippen molar-refractivity contribution >= 4 is 17.2 Å². The molecule has 1 aromatic heterocycles. The second kappa shape index (κ2) is 4.19. The van der Waals surface area contributed by atoms with Crippen LogP contribution < -0.4 is 0 Å². The van der Waals surface area contributed by atoms with Crippen LogP contribution in [0.2, 0.25) is 0 Å². The number of aldehydes is 1. The summed E-state index contributed by atoms with van der Waals surface area (Å²) in [5, 5.41) is 1.02. The van der Waals surface area contributed by atoms with Gasteiger partial charge in [-0.3, -0.25) is 4.79 Å². The first-order valence-corrected chi connectivity index (χ1v) is 4.67. The molecule has 0 atom stereocenters. The number of carbonyl (C=O) groups excluding carboxylic acids is 1. The van der Waals surface area contributed by atoms with Gasteiger partial charge in [-0.15, -0.1) is 0 Å². The first-order chi connectivity index (χ1) is 7.33. The highest BCUT2D eigenvalue weighted by molar-refractivity contribution is 5.83. The Morgan fingerprint density at radius 3 is 2.93 bits per heavy atom. The molecular formula is C12H11NO2. The average Bonchev–Trinajstić information content (AvgIpc) is 2.29. The summed E-state index contributed by atoms with van der Waals surface area (Å²) in [7, 11) is 1.66. The molecule has 0 bridgehead atoms. The normalized spacial score (nSPS) is 10.5. The molecule has 0 spiro atoms. The van der Waals surface area contributed by atoms with E-state index in [0.29, 0.717) is 12.3 Å². The minimum atomic E-state index is 0.460. The summed E-state index contributed by atoms with van der Waals surface area (Å²) < 4.78 is 5.05. The Morgan fingerprint density at radius 1 is 1.33 bits per heavy atom. The number of pyridine rings is 1. The van der Waals surface area contributed by atoms with Crippen LogP contribution in [0.1, 0.15) is 16.1 Å². The van der Waals surface area contributed by atoms with Crippen molar-refractivity contribution in [1.29, 1.82) is 0 Å². The molecule has 3 heteroatoms. The van der Waals surface area contributed by atoms with Crippen LogP contribution in [0.4, 0.5) is 0 Å². The lowest BCUT2D eigenvalue weighted by Gasteiger charge is -2.02. The maximum atomic E-state index is 10.5. The molecule has 0 aliphatic carbocycles. The lowest BCUT2D eigenvalue weighted by molar-refractivity contribution is 0.111. The van der Waals surface area contributed by atoms with E-state index >= 15 is 0 Å². The van der Waals surface area contributed by atoms with Gasteiger partial charge in [0, 0.05) is 12.5 Å². The van der Waals surface area contributed by atoms with Crippen LogP contribution in [-0.2, 0) is 11.3 Å². The third kappa shape index (κ3) is 2.02. The zero-order valence-corrected chi connectivity index (χ0v) is 8.43. The van der Waals surface area contributed by atoms with Gasteiger partial charge in [-0.2, -0.15) is 0 Å². The number of fused-ring (bicyclic) bond motifs is 1. The molecule has 76 valence electrons. The van der Waals surface area contributed by atoms with Crippen molar-refractivity contribution in [1.82, 2.24) is 4.98 Å². The van der Waals surface area contributed by atoms with Gasteiger partial charge in [0.1, 0.15) is 5.69 Å². The van der Waals surface area contributed by atoms with E-state index in [2.05, 4.69) is 4.98 Å². The highest BCUT2D eigenvalue weighted by atomic mass is 16.5. The molecular weight excluding hydrogens is 190 g/mol. The highest BCUT2D eigenvalue weighted by Crippen LogP contribution is 2.14. The molecule has 1 aromatic carbocycles. The monoisotopic (exact) mass is 201 g/mol. The number of rotatable bonds is 3. The minimum Gasteiger partial charge on any atom is -0.380 e. The summed E-state index contributed by atoms with van der Waals surface area (Å²) in [6, 6.07) is 9.47. The predicted octanol–water partition coefficient (Wildman–Crippen LogP) is 2.19. The molecule has 3 nitrogen and oxygen atoms in total. The molecule has 0 fully saturated rings. The van der Waals surface area contributed by atoms with Gasteiger partial charge in [0.15, 0.2) is 6.29 Å². The quantitative estimate of drug-likeness (QED) is 0.714. The summed E-state index contributed by atoms with van der Waals surface area (Å²) in [4.78, 5) is 14.7. The SMILES string of the molecule is COCc1ccc2nc(C=O)ccc2c1. The van der Waals surface area contributed by atoms with Gasteiger partial charge in [-0.25, -0.2) is 4.98 Å². The number of hydrogen-bond acceptors (Lipinski definition) is 3. The fourth-order valence-electron chi connectivity index (χ4n) is 1.51. The van der Waals surface area contributed by atoms with Gasteiger partial charge in [0.2, 0.25) is 0 Å². The van der Waals surface area contributed by atoms with Crippen LogP contribution in [0, 0.1) is 0 Å². The third-order valence-electron chi connectivity index (χ3n) is 2.21. The van der Waals surface area contributed by atoms with Gasteiger partial charge < -0.3 is 4.74 Å². The number of aromatic nitrogens is 1. The molecule has 0 amide bonds. The topological polar surface area (TPSA) is 39.2 Å². The molecule has 1 heterocycles. The Labute approximate surface area is 87.7 Å². The second-order valence-electron chi connectivity index (χ2n) is 3.31. The molecule has 0 aliphatic heterocycles. The highest BCUT2D eigenvalue weighted by Gasteiger charge is 1.99. The van der Waals surface area contributed by atoms with Crippen LogP contribution in [0.15, 0.2) is 30.3 Å². The molecule has 0 N–H and O–H groups in total. The zero-order chi connectivity index (χ0) is 10.7. The van der Waals surface area contributed by atoms with Crippen molar-refractivity contribution in [2.24, 2.45) is 0 Å². The number of methoxy groups -OCH3 is 1. The molecule has 0 aliphatic rings. The maximum Gasteiger partial charge on any atom is 0.168 e. The van der Waals surface area contributed by atoms with Crippen molar-refractivity contribution in [2.75, 3.05) is 7.11 Å². The van der Waals surface area contributed by atoms with Crippen LogP contribution in [0.5, 0.6) is 0 Å². The Morgan fingerprint density at radius 2 is 2.20 bits per heavy atom. The van der Waals surface area contributed by atoms with Gasteiger partial charge >= 0.3 is 0 Å². The molecule has 0 radical (unpaired) electrons. The Kier molecular flexibility index (Phi) is 2.74. The first kappa shape index (κ1) is 9.80. The summed E-state index contributed by atoms with van der Waals surface area (Å²) >= 11 is 0. The van der Waals surface area contributed by atoms with E-state index in [1.807, 2.05) is 24.3 Å². The number of hydrogen-bond donors (Lipinski definition) is 0. The van der Waals surface area contributed by atoms with E-state index in [0.717, 1.165) is 22.8 Å². The Hall–Kier alpha value is -1.74. The van der Waals surface area contributed by atoms with E-state index in [1.54, 1.807) is 13.2 Å². The Bertz CT molecular complexity index is 494. The fraction of sp³-hybridized carbons (Fsp3) is 0.167. The van der Waals surface area contributed by atoms with E-state index in [4.69, 9.17) is 4.74 Å². The van der Waals surface area contributed by atoms with Crippen LogP contribution in [-0.4, -0.2) is 18.4 Å². The van der Waals surface area contributed by atoms with E-state index < -0.39 is 0 Å². The first-order valence-electron chi connectivity index (χ1n) is 4.67. The lowest BCUT2D eigenvalue weighted by Crippen LogP contribution is -1.90. The minimum absolute atomic E-state index is 0.460. The second-order valence-corrected chi connectivity index (χ2v) is 3.31. The number of benzene rings is 1. The average molecular weight is 201 g/mol. The summed E-state index contributed by atoms with van der Waals surface area (Å²) in [6.45, 7) is 0.589. The third-order valence-corrected chi connectivity index (χ3v) is 2.21. The van der Waals surface area contributed by atoms with Gasteiger partial charge in [-0.1, -0.05) is 12.1 Å². The smallest absolute Gasteiger partial charge is 0.168 e. The fourth-order valence-corrected chi connectivity index (χ4v) is 1.51. The van der Waals surface area contributed by atoms with Gasteiger partial charge in [-0.05, 0) is 23.8 Å². The molecule has 2 aromatic rings. The zero-order valence-electron chi connectivity index (χ0n) is 8.43. The maximum absolute atomic E-state index is 10.5. The van der Waals surface area contributed by atoms with E-state index in [9.17, 15) is 4.79 Å². The van der Waals surface area contributed by atoms with E-state index in [-0.39, 0.29) is 0 Å². The summed E-state index contributed by atoms with van der Waals surface area (Å²) in [5.41, 5.74) is 2.40. The summed E-state index contributed by atoms with van der Waals surface area (Å²) in [5.74, 6) is 0. The van der Waals surface area contributed by atoms with Crippen molar-refractivity contribution in [2.45, 2.75) is 6.61 Å². The van der Waals surface area contributed by atoms with Crippen molar-refractivity contribution in [3.05, 3.63) is 41.6 Å². The molecule has 0 saturated heterocycles. The Balaban J connectivity index is 2.49. The van der Waals surface area contributed by atoms with Crippen molar-refractivity contribution in [3.63, 3.8) is 0 Å². The van der Waals surface area contributed by atoms with Crippen molar-refractivity contribution < 1.29 is 9.53 Å². The van der Waals surface area contributed by atoms with Gasteiger partial charge in [0.05, 0.1) is 12.1 Å². The number of nitrogens with zero attached hydrogens (tertiary/aromatic N) is 1. The van der Waals surface area contributed by atoms with Crippen LogP contribution in [0.3, 0.4) is 0 Å². The van der Waals surface area contributed by atoms with Crippen molar-refractivity contribution in [3.8, 4) is 0 Å². The molecule has 0 unspecified atom stereocenters. The number of ether oxygens (including phenoxy) is 1. The largest absolute Gasteiger partial charge is 0.380 e. The predicted molar refractivity (Wildman–Crippen MR) is 57.8 cm³/mol. The summed E-state index contributed by atoms with van der Waals surface area (Å²) in [6.07, 6.45) is 0.752.